The van der Waals surface area contributed by atoms with E-state index in [0.29, 0.717) is 13.0 Å². The molecule has 2 rings (SSSR count). The van der Waals surface area contributed by atoms with Crippen LogP contribution in [0.1, 0.15) is 24.5 Å². The van der Waals surface area contributed by atoms with Gasteiger partial charge in [0.2, 0.25) is 0 Å². The van der Waals surface area contributed by atoms with E-state index in [-0.39, 0.29) is 17.9 Å². The summed E-state index contributed by atoms with van der Waals surface area (Å²) < 4.78 is 5.22. The maximum atomic E-state index is 10.7. The van der Waals surface area contributed by atoms with Gasteiger partial charge in [-0.1, -0.05) is 30.3 Å². The fourth-order valence-electron chi connectivity index (χ4n) is 2.62. The summed E-state index contributed by atoms with van der Waals surface area (Å²) in [6.45, 7) is 2.97. The van der Waals surface area contributed by atoms with Crippen LogP contribution in [0, 0.1) is 11.3 Å². The lowest BCUT2D eigenvalue weighted by Gasteiger charge is -2.33. The molecule has 1 unspecified atom stereocenters. The van der Waals surface area contributed by atoms with E-state index in [1.807, 2.05) is 30.3 Å². The molecule has 1 saturated heterocycles. The van der Waals surface area contributed by atoms with Crippen LogP contribution in [0.3, 0.4) is 0 Å². The van der Waals surface area contributed by atoms with Gasteiger partial charge in [-0.3, -0.25) is 15.1 Å². The first-order chi connectivity index (χ1) is 9.70. The zero-order valence-electron chi connectivity index (χ0n) is 11.5. The second-order valence-corrected chi connectivity index (χ2v) is 5.16. The number of nitrogens with zero attached hydrogens (tertiary/aromatic N) is 1. The SMILES string of the molecule is N=C(N)C1CCN(CC(OC=O)c2ccccc2)CC1. The van der Waals surface area contributed by atoms with Gasteiger partial charge in [-0.2, -0.15) is 0 Å². The van der Waals surface area contributed by atoms with Crippen molar-refractivity contribution in [2.45, 2.75) is 18.9 Å². The van der Waals surface area contributed by atoms with Gasteiger partial charge in [0.05, 0.1) is 5.84 Å². The molecule has 5 heteroatoms. The molecule has 1 aliphatic rings. The zero-order valence-corrected chi connectivity index (χ0v) is 11.5. The Hall–Kier alpha value is -1.88. The average Bonchev–Trinajstić information content (AvgIpc) is 2.48. The van der Waals surface area contributed by atoms with Gasteiger partial charge in [0.25, 0.3) is 6.47 Å². The molecule has 0 radical (unpaired) electrons. The molecule has 0 bridgehead atoms. The van der Waals surface area contributed by atoms with E-state index in [1.54, 1.807) is 0 Å². The van der Waals surface area contributed by atoms with E-state index in [1.165, 1.54) is 0 Å². The first kappa shape index (κ1) is 14.5. The van der Waals surface area contributed by atoms with Crippen LogP contribution in [0.5, 0.6) is 0 Å². The van der Waals surface area contributed by atoms with Gasteiger partial charge in [-0.05, 0) is 31.5 Å². The second-order valence-electron chi connectivity index (χ2n) is 5.16. The Balaban J connectivity index is 1.93. The minimum atomic E-state index is -0.234. The molecular weight excluding hydrogens is 254 g/mol. The number of carbonyl (C=O) groups is 1. The number of carbonyl (C=O) groups excluding carboxylic acids is 1. The lowest BCUT2D eigenvalue weighted by atomic mass is 9.95. The summed E-state index contributed by atoms with van der Waals surface area (Å²) in [5.74, 6) is 0.488. The summed E-state index contributed by atoms with van der Waals surface area (Å²) in [5.41, 5.74) is 6.55. The molecule has 1 atom stereocenters. The first-order valence-corrected chi connectivity index (χ1v) is 6.91. The topological polar surface area (TPSA) is 79.4 Å². The van der Waals surface area contributed by atoms with E-state index in [4.69, 9.17) is 15.9 Å². The Bertz CT molecular complexity index is 442. The quantitative estimate of drug-likeness (QED) is 0.469. The molecule has 0 aromatic heterocycles. The molecule has 0 spiro atoms. The van der Waals surface area contributed by atoms with Crippen LogP contribution in [0.2, 0.25) is 0 Å². The monoisotopic (exact) mass is 275 g/mol. The van der Waals surface area contributed by atoms with Gasteiger partial charge < -0.3 is 10.5 Å². The Morgan fingerprint density at radius 3 is 2.60 bits per heavy atom. The van der Waals surface area contributed by atoms with Crippen molar-refractivity contribution < 1.29 is 9.53 Å². The van der Waals surface area contributed by atoms with Crippen LogP contribution in [0.25, 0.3) is 0 Å². The predicted octanol–water partition coefficient (Wildman–Crippen LogP) is 1.55. The third kappa shape index (κ3) is 3.81. The lowest BCUT2D eigenvalue weighted by molar-refractivity contribution is -0.135. The number of rotatable bonds is 6. The van der Waals surface area contributed by atoms with Gasteiger partial charge in [0.1, 0.15) is 6.10 Å². The molecule has 108 valence electrons. The van der Waals surface area contributed by atoms with Crippen molar-refractivity contribution in [3.05, 3.63) is 35.9 Å². The van der Waals surface area contributed by atoms with Crippen molar-refractivity contribution in [3.63, 3.8) is 0 Å². The van der Waals surface area contributed by atoms with Crippen LogP contribution in [0.4, 0.5) is 0 Å². The molecular formula is C15H21N3O2. The Labute approximate surface area is 119 Å². The van der Waals surface area contributed by atoms with Crippen LogP contribution in [-0.4, -0.2) is 36.8 Å². The van der Waals surface area contributed by atoms with Crippen molar-refractivity contribution in [2.24, 2.45) is 11.7 Å². The highest BCUT2D eigenvalue weighted by atomic mass is 16.5. The zero-order chi connectivity index (χ0) is 14.4. The highest BCUT2D eigenvalue weighted by molar-refractivity contribution is 5.79. The number of amidine groups is 1. The summed E-state index contributed by atoms with van der Waals surface area (Å²) >= 11 is 0. The molecule has 1 aromatic carbocycles. The molecule has 3 N–H and O–H groups in total. The van der Waals surface area contributed by atoms with Gasteiger partial charge in [-0.15, -0.1) is 0 Å². The minimum absolute atomic E-state index is 0.202. The summed E-state index contributed by atoms with van der Waals surface area (Å²) in [4.78, 5) is 13.0. The van der Waals surface area contributed by atoms with Crippen LogP contribution in [0.15, 0.2) is 30.3 Å². The van der Waals surface area contributed by atoms with Crippen LogP contribution < -0.4 is 5.73 Å². The summed E-state index contributed by atoms with van der Waals surface area (Å²) in [7, 11) is 0. The summed E-state index contributed by atoms with van der Waals surface area (Å²) in [6.07, 6.45) is 1.57. The molecule has 5 nitrogen and oxygen atoms in total. The number of ether oxygens (including phenoxy) is 1. The number of likely N-dealkylation sites (tertiary alicyclic amines) is 1. The smallest absolute Gasteiger partial charge is 0.293 e. The largest absolute Gasteiger partial charge is 0.458 e. The van der Waals surface area contributed by atoms with E-state index >= 15 is 0 Å². The average molecular weight is 275 g/mol. The summed E-state index contributed by atoms with van der Waals surface area (Å²) in [5, 5.41) is 7.48. The molecule has 1 heterocycles. The third-order valence-electron chi connectivity index (χ3n) is 3.84. The van der Waals surface area contributed by atoms with Gasteiger partial charge in [0.15, 0.2) is 0 Å². The van der Waals surface area contributed by atoms with E-state index < -0.39 is 0 Å². The maximum absolute atomic E-state index is 10.7. The molecule has 0 amide bonds. The fourth-order valence-corrected chi connectivity index (χ4v) is 2.62. The number of hydrogen-bond donors (Lipinski definition) is 2. The van der Waals surface area contributed by atoms with E-state index in [2.05, 4.69) is 4.90 Å². The maximum Gasteiger partial charge on any atom is 0.293 e. The molecule has 20 heavy (non-hydrogen) atoms. The molecule has 1 aromatic rings. The number of nitrogens with one attached hydrogen (secondary N) is 1. The third-order valence-corrected chi connectivity index (χ3v) is 3.84. The van der Waals surface area contributed by atoms with Crippen molar-refractivity contribution >= 4 is 12.3 Å². The van der Waals surface area contributed by atoms with Crippen LogP contribution >= 0.6 is 0 Å². The summed E-state index contributed by atoms with van der Waals surface area (Å²) in [6, 6.07) is 9.77. The Kier molecular flexibility index (Phi) is 5.12. The standard InChI is InChI=1S/C15H21N3O2/c16-15(17)13-6-8-18(9-7-13)10-14(20-11-19)12-4-2-1-3-5-12/h1-5,11,13-14H,6-10H2,(H3,16,17). The highest BCUT2D eigenvalue weighted by Gasteiger charge is 2.24. The van der Waals surface area contributed by atoms with Crippen molar-refractivity contribution in [1.29, 1.82) is 5.41 Å². The van der Waals surface area contributed by atoms with Crippen molar-refractivity contribution in [3.8, 4) is 0 Å². The molecule has 0 saturated carbocycles. The number of nitrogens with two attached hydrogens (primary N) is 1. The predicted molar refractivity (Wildman–Crippen MR) is 77.4 cm³/mol. The first-order valence-electron chi connectivity index (χ1n) is 6.91. The van der Waals surface area contributed by atoms with Gasteiger partial charge in [0, 0.05) is 12.5 Å². The number of benzene rings is 1. The number of piperidine rings is 1. The van der Waals surface area contributed by atoms with Gasteiger partial charge in [-0.25, -0.2) is 0 Å². The minimum Gasteiger partial charge on any atom is -0.458 e. The van der Waals surface area contributed by atoms with E-state index in [0.717, 1.165) is 31.5 Å². The molecule has 1 fully saturated rings. The van der Waals surface area contributed by atoms with E-state index in [9.17, 15) is 4.79 Å². The molecule has 0 aliphatic carbocycles. The lowest BCUT2D eigenvalue weighted by Crippen LogP contribution is -2.40. The fraction of sp³-hybridized carbons (Fsp3) is 0.467. The normalized spacial score (nSPS) is 18.4. The molecule has 1 aliphatic heterocycles. The second kappa shape index (κ2) is 7.05. The Morgan fingerprint density at radius 2 is 2.05 bits per heavy atom. The van der Waals surface area contributed by atoms with Crippen LogP contribution in [-0.2, 0) is 9.53 Å². The van der Waals surface area contributed by atoms with Crippen molar-refractivity contribution in [2.75, 3.05) is 19.6 Å². The number of hydrogen-bond acceptors (Lipinski definition) is 4. The van der Waals surface area contributed by atoms with Crippen molar-refractivity contribution in [1.82, 2.24) is 4.90 Å². The highest BCUT2D eigenvalue weighted by Crippen LogP contribution is 2.22. The Morgan fingerprint density at radius 1 is 1.40 bits per heavy atom. The van der Waals surface area contributed by atoms with Gasteiger partial charge >= 0.3 is 0 Å².